The maximum absolute atomic E-state index is 12.6. The van der Waals surface area contributed by atoms with Gasteiger partial charge in [-0.1, -0.05) is 6.92 Å². The van der Waals surface area contributed by atoms with Crippen molar-refractivity contribution in [3.63, 3.8) is 0 Å². The van der Waals surface area contributed by atoms with E-state index in [1.807, 2.05) is 24.7 Å². The maximum Gasteiger partial charge on any atom is 0.297 e. The summed E-state index contributed by atoms with van der Waals surface area (Å²) in [5, 5.41) is 71.4. The number of primary amides is 1. The Hall–Kier alpha value is -2.18. The van der Waals surface area contributed by atoms with Crippen molar-refractivity contribution in [2.24, 2.45) is 40.3 Å². The molecule has 5 rings (SSSR count). The summed E-state index contributed by atoms with van der Waals surface area (Å²) in [7, 11) is 2.02. The van der Waals surface area contributed by atoms with Crippen LogP contribution in [0.25, 0.3) is 0 Å². The zero-order valence-corrected chi connectivity index (χ0v) is 29.2. The standard InChI is InChI=1S/C35H56N4O11/c1-18(9-11-37-2)21(13-19-10-12-38-15-19)16-39-17-35(47)31(43)28(42)30(33(45)46)50-34(35)48-23-7-8-24-25(14-23)49-29(32(36)44)26(27(24)41)20-3-5-22(40)6-4-20/h10,12,15,18,20-31,34,37,39-43,47H,3-9,11,13-14,16-17H2,1-2H3,(H2-,36,44,45,46)/p+3. The number of allylic oxidation sites excluding steroid dienone is 1. The molecule has 3 heterocycles. The van der Waals surface area contributed by atoms with Crippen LogP contribution in [0.1, 0.15) is 64.7 Å². The molecular formula is C35H59N4O11+3. The Balaban J connectivity index is 1.28. The molecule has 0 bridgehead atoms. The van der Waals surface area contributed by atoms with Crippen LogP contribution in [0.5, 0.6) is 0 Å². The number of amides is 1. The predicted octanol–water partition coefficient (Wildman–Crippen LogP) is -4.65. The smallest absolute Gasteiger partial charge is 0.297 e. The van der Waals surface area contributed by atoms with Gasteiger partial charge in [-0.2, -0.15) is 0 Å². The lowest BCUT2D eigenvalue weighted by atomic mass is 9.66. The van der Waals surface area contributed by atoms with Gasteiger partial charge in [-0.3, -0.25) is 4.79 Å². The van der Waals surface area contributed by atoms with Gasteiger partial charge >= 0.3 is 0 Å². The van der Waals surface area contributed by atoms with Crippen molar-refractivity contribution in [1.29, 1.82) is 0 Å². The first-order valence-corrected chi connectivity index (χ1v) is 18.4. The highest BCUT2D eigenvalue weighted by molar-refractivity contribution is 5.82. The van der Waals surface area contributed by atoms with E-state index in [-0.39, 0.29) is 36.8 Å². The van der Waals surface area contributed by atoms with E-state index >= 15 is 0 Å². The van der Waals surface area contributed by atoms with Gasteiger partial charge in [-0.15, -0.1) is 4.99 Å². The molecule has 0 radical (unpaired) electrons. The number of carbonyl (C=O) groups excluding carboxylic acids is 2. The lowest BCUT2D eigenvalue weighted by molar-refractivity contribution is -0.681. The number of aliphatic hydroxyl groups is 7. The lowest BCUT2D eigenvalue weighted by Gasteiger charge is -2.50. The first kappa shape index (κ1) is 39.0. The molecule has 0 aromatic rings. The van der Waals surface area contributed by atoms with Crippen molar-refractivity contribution >= 4 is 18.1 Å². The normalized spacial score (nSPS) is 41.5. The summed E-state index contributed by atoms with van der Waals surface area (Å²) in [5.41, 5.74) is 4.72. The molecule has 0 aromatic heterocycles. The minimum Gasteiger partial charge on any atom is -0.547 e. The molecule has 2 aliphatic carbocycles. The van der Waals surface area contributed by atoms with Gasteiger partial charge in [0.1, 0.15) is 37.0 Å². The summed E-state index contributed by atoms with van der Waals surface area (Å²) in [5.74, 6) is -2.53. The summed E-state index contributed by atoms with van der Waals surface area (Å²) < 4.78 is 16.8. The fourth-order valence-electron chi connectivity index (χ4n) is 9.01. The molecule has 0 spiro atoms. The number of fused-ring (bicyclic) bond motifs is 1. The number of nitrogens with two attached hydrogens (primary N) is 3. The number of carboxylic acids is 1. The fraction of sp³-hybridized carbons (Fsp3) is 0.829. The Bertz CT molecular complexity index is 1220. The van der Waals surface area contributed by atoms with E-state index in [4.69, 9.17) is 19.9 Å². The molecule has 3 aliphatic heterocycles. The van der Waals surface area contributed by atoms with Gasteiger partial charge in [0.15, 0.2) is 24.2 Å². The van der Waals surface area contributed by atoms with Crippen LogP contribution in [0.15, 0.2) is 16.6 Å². The second kappa shape index (κ2) is 17.1. The highest BCUT2D eigenvalue weighted by Crippen LogP contribution is 2.45. The zero-order chi connectivity index (χ0) is 36.2. The summed E-state index contributed by atoms with van der Waals surface area (Å²) in [6, 6.07) is 0. The molecule has 1 amide bonds. The second-order valence-electron chi connectivity index (χ2n) is 15.4. The molecule has 4 fully saturated rings. The third-order valence-corrected chi connectivity index (χ3v) is 12.1. The van der Waals surface area contributed by atoms with Gasteiger partial charge in [0.2, 0.25) is 6.10 Å². The first-order chi connectivity index (χ1) is 23.8. The number of quaternary nitrogens is 2. The average Bonchev–Trinajstić information content (AvgIpc) is 3.60. The maximum atomic E-state index is 12.6. The highest BCUT2D eigenvalue weighted by atomic mass is 16.7. The minimum atomic E-state index is -2.19. The molecule has 50 heavy (non-hydrogen) atoms. The van der Waals surface area contributed by atoms with Gasteiger partial charge in [0.25, 0.3) is 5.91 Å². The Kier molecular flexibility index (Phi) is 13.4. The van der Waals surface area contributed by atoms with E-state index in [2.05, 4.69) is 17.2 Å². The summed E-state index contributed by atoms with van der Waals surface area (Å²) >= 11 is 0. The largest absolute Gasteiger partial charge is 0.547 e. The van der Waals surface area contributed by atoms with Gasteiger partial charge in [0.05, 0.1) is 62.3 Å². The number of ether oxygens (including phenoxy) is 3. The van der Waals surface area contributed by atoms with Crippen molar-refractivity contribution in [1.82, 2.24) is 0 Å². The fourth-order valence-corrected chi connectivity index (χ4v) is 9.01. The third-order valence-electron chi connectivity index (χ3n) is 12.1. The SMILES string of the molecule is C[NH2+]CCC(C)C(C[NH2+]CC1(O)C(OC2CCC3C(C2)[OH+]C(C(N)=O)C(C2CCC(O)CC2)C3O)OC(C(=O)[O-])C(O)C1O)CC1=C[CH+]N=C1. The molecule has 13 unspecified atom stereocenters. The number of aliphatic carboxylic acids is 1. The molecule has 282 valence electrons. The number of aliphatic hydroxyl groups excluding tert-OH is 4. The van der Waals surface area contributed by atoms with Crippen LogP contribution in [-0.4, -0.2) is 136 Å². The Morgan fingerprint density at radius 3 is 2.56 bits per heavy atom. The van der Waals surface area contributed by atoms with E-state index in [9.17, 15) is 40.2 Å². The molecule has 13 atom stereocenters. The van der Waals surface area contributed by atoms with E-state index in [1.165, 1.54) is 0 Å². The number of hydrogen-bond acceptors (Lipinski definition) is 11. The third kappa shape index (κ3) is 8.71. The Labute approximate surface area is 293 Å². The minimum absolute atomic E-state index is 0.00913. The number of aliphatic imine (C=N–C) groups is 1. The monoisotopic (exact) mass is 711 g/mol. The number of carboxylic acid groups (broad SMARTS) is 1. The average molecular weight is 712 g/mol. The van der Waals surface area contributed by atoms with Crippen molar-refractivity contribution < 1.29 is 65.1 Å². The number of carbonyl (C=O) groups is 2. The quantitative estimate of drug-likeness (QED) is 0.0595. The number of rotatable bonds is 15. The second-order valence-corrected chi connectivity index (χ2v) is 15.4. The lowest BCUT2D eigenvalue weighted by Crippen LogP contribution is -2.93. The topological polar surface area (TPSA) is 261 Å². The summed E-state index contributed by atoms with van der Waals surface area (Å²) in [6.07, 6.45) is -1.46. The van der Waals surface area contributed by atoms with Crippen LogP contribution in [0.2, 0.25) is 0 Å². The van der Waals surface area contributed by atoms with E-state index in [1.54, 1.807) is 6.54 Å². The van der Waals surface area contributed by atoms with Crippen molar-refractivity contribution in [2.75, 3.05) is 26.7 Å². The van der Waals surface area contributed by atoms with E-state index < -0.39 is 72.4 Å². The Morgan fingerprint density at radius 2 is 1.92 bits per heavy atom. The molecular weight excluding hydrogens is 652 g/mol. The van der Waals surface area contributed by atoms with Crippen LogP contribution < -0.4 is 21.5 Å². The Morgan fingerprint density at radius 1 is 1.18 bits per heavy atom. The van der Waals surface area contributed by atoms with E-state index in [0.29, 0.717) is 51.0 Å². The predicted molar refractivity (Wildman–Crippen MR) is 176 cm³/mol. The summed E-state index contributed by atoms with van der Waals surface area (Å²) in [4.78, 5) is 28.7. The number of nitrogens with zero attached hydrogens (tertiary/aromatic N) is 1. The van der Waals surface area contributed by atoms with Crippen LogP contribution in [0.4, 0.5) is 0 Å². The number of hydrogen-bond donors (Lipinski definition) is 8. The first-order valence-electron chi connectivity index (χ1n) is 18.4. The zero-order valence-electron chi connectivity index (χ0n) is 29.2. The molecule has 2 saturated carbocycles. The van der Waals surface area contributed by atoms with Crippen molar-refractivity contribution in [2.45, 2.75) is 125 Å². The molecule has 15 nitrogen and oxygen atoms in total. The van der Waals surface area contributed by atoms with Gasteiger partial charge in [0, 0.05) is 18.8 Å². The summed E-state index contributed by atoms with van der Waals surface area (Å²) in [6.45, 7) is 5.30. The molecule has 2 saturated heterocycles. The highest BCUT2D eigenvalue weighted by Gasteiger charge is 2.60. The van der Waals surface area contributed by atoms with Gasteiger partial charge in [-0.05, 0) is 56.8 Å². The van der Waals surface area contributed by atoms with Gasteiger partial charge < -0.3 is 66.0 Å². The van der Waals surface area contributed by atoms with Crippen molar-refractivity contribution in [3.05, 3.63) is 18.2 Å². The van der Waals surface area contributed by atoms with Crippen LogP contribution in [-0.2, 0) is 19.1 Å². The molecule has 15 heteroatoms. The van der Waals surface area contributed by atoms with E-state index in [0.717, 1.165) is 25.0 Å². The van der Waals surface area contributed by atoms with Crippen molar-refractivity contribution in [3.8, 4) is 0 Å². The molecule has 5 aliphatic rings. The van der Waals surface area contributed by atoms with Gasteiger partial charge in [-0.25, -0.2) is 0 Å². The molecule has 0 aromatic carbocycles. The van der Waals surface area contributed by atoms with Crippen LogP contribution in [0.3, 0.4) is 0 Å². The molecule has 12 N–H and O–H groups in total. The van der Waals surface area contributed by atoms with Crippen LogP contribution in [0, 0.1) is 36.1 Å². The van der Waals surface area contributed by atoms with Crippen LogP contribution >= 0.6 is 0 Å².